The minimum Gasteiger partial charge on any atom is -0.347 e. The molecule has 1 saturated heterocycles. The van der Waals surface area contributed by atoms with E-state index in [0.717, 1.165) is 31.2 Å². The molecule has 124 valence electrons. The monoisotopic (exact) mass is 319 g/mol. The Bertz CT molecular complexity index is 558. The summed E-state index contributed by atoms with van der Waals surface area (Å²) in [6, 6.07) is 3.56. The minimum atomic E-state index is -0.657. The van der Waals surface area contributed by atoms with Gasteiger partial charge in [-0.3, -0.25) is 14.6 Å². The summed E-state index contributed by atoms with van der Waals surface area (Å²) < 4.78 is 11.6. The highest BCUT2D eigenvalue weighted by Crippen LogP contribution is 2.38. The predicted octanol–water partition coefficient (Wildman–Crippen LogP) is 0.500. The Balaban J connectivity index is 1.38. The highest BCUT2D eigenvalue weighted by Gasteiger charge is 2.43. The summed E-state index contributed by atoms with van der Waals surface area (Å²) in [5, 5.41) is 5.17. The zero-order valence-corrected chi connectivity index (χ0v) is 12.9. The fraction of sp³-hybridized carbons (Fsp3) is 0.562. The maximum atomic E-state index is 11.8. The van der Waals surface area contributed by atoms with Crippen molar-refractivity contribution in [3.05, 3.63) is 30.1 Å². The fourth-order valence-electron chi connectivity index (χ4n) is 2.94. The van der Waals surface area contributed by atoms with Gasteiger partial charge in [0.05, 0.1) is 6.61 Å². The molecule has 1 atom stereocenters. The average molecular weight is 319 g/mol. The molecule has 1 aliphatic carbocycles. The molecule has 1 spiro atoms. The number of hydrogen-bond donors (Lipinski definition) is 2. The highest BCUT2D eigenvalue weighted by molar-refractivity contribution is 6.35. The van der Waals surface area contributed by atoms with E-state index in [4.69, 9.17) is 9.47 Å². The van der Waals surface area contributed by atoms with Crippen molar-refractivity contribution >= 4 is 11.8 Å². The van der Waals surface area contributed by atoms with Crippen LogP contribution in [-0.2, 0) is 25.6 Å². The minimum absolute atomic E-state index is 0.190. The molecule has 1 unspecified atom stereocenters. The molecule has 2 aliphatic rings. The van der Waals surface area contributed by atoms with Crippen LogP contribution in [-0.4, -0.2) is 41.8 Å². The van der Waals surface area contributed by atoms with Gasteiger partial charge in [-0.2, -0.15) is 0 Å². The molecule has 1 aromatic rings. The van der Waals surface area contributed by atoms with Crippen molar-refractivity contribution in [3.8, 4) is 0 Å². The van der Waals surface area contributed by atoms with Gasteiger partial charge in [0, 0.05) is 38.3 Å². The van der Waals surface area contributed by atoms with Crippen LogP contribution in [0.15, 0.2) is 24.5 Å². The molecule has 2 amide bonds. The Hall–Kier alpha value is -1.99. The van der Waals surface area contributed by atoms with Gasteiger partial charge in [-0.25, -0.2) is 0 Å². The number of pyridine rings is 1. The smallest absolute Gasteiger partial charge is 0.309 e. The van der Waals surface area contributed by atoms with Crippen LogP contribution in [0.2, 0.25) is 0 Å². The largest absolute Gasteiger partial charge is 0.347 e. The normalized spacial score (nSPS) is 22.2. The number of carbonyl (C=O) groups is 2. The molecule has 3 rings (SSSR count). The highest BCUT2D eigenvalue weighted by atomic mass is 16.7. The first-order valence-corrected chi connectivity index (χ1v) is 7.94. The van der Waals surface area contributed by atoms with Crippen molar-refractivity contribution in [2.45, 2.75) is 44.1 Å². The molecule has 1 aliphatic heterocycles. The first-order chi connectivity index (χ1) is 11.2. The molecule has 2 heterocycles. The number of rotatable bonds is 4. The van der Waals surface area contributed by atoms with E-state index in [-0.39, 0.29) is 12.6 Å². The lowest BCUT2D eigenvalue weighted by atomic mass is 10.2. The lowest BCUT2D eigenvalue weighted by molar-refractivity contribution is -0.161. The zero-order valence-electron chi connectivity index (χ0n) is 12.9. The van der Waals surface area contributed by atoms with Crippen molar-refractivity contribution in [2.24, 2.45) is 0 Å². The van der Waals surface area contributed by atoms with Crippen molar-refractivity contribution in [1.29, 1.82) is 0 Å². The van der Waals surface area contributed by atoms with Crippen LogP contribution in [0.3, 0.4) is 0 Å². The summed E-state index contributed by atoms with van der Waals surface area (Å²) in [6.07, 6.45) is 7.11. The van der Waals surface area contributed by atoms with Gasteiger partial charge >= 0.3 is 11.8 Å². The van der Waals surface area contributed by atoms with Gasteiger partial charge in [0.2, 0.25) is 0 Å². The Kier molecular flexibility index (Phi) is 4.88. The van der Waals surface area contributed by atoms with Crippen molar-refractivity contribution in [2.75, 3.05) is 13.2 Å². The molecule has 23 heavy (non-hydrogen) atoms. The van der Waals surface area contributed by atoms with Crippen molar-refractivity contribution in [3.63, 3.8) is 0 Å². The van der Waals surface area contributed by atoms with E-state index < -0.39 is 17.6 Å². The molecule has 1 aromatic heterocycles. The Morgan fingerprint density at radius 1 is 1.17 bits per heavy atom. The first kappa shape index (κ1) is 15.9. The number of amides is 2. The van der Waals surface area contributed by atoms with Crippen molar-refractivity contribution < 1.29 is 19.1 Å². The van der Waals surface area contributed by atoms with E-state index in [0.29, 0.717) is 13.2 Å². The van der Waals surface area contributed by atoms with Gasteiger partial charge in [0.25, 0.3) is 0 Å². The van der Waals surface area contributed by atoms with Crippen LogP contribution in [0, 0.1) is 0 Å². The number of nitrogens with zero attached hydrogens (tertiary/aromatic N) is 1. The van der Waals surface area contributed by atoms with Gasteiger partial charge < -0.3 is 20.1 Å². The van der Waals surface area contributed by atoms with Crippen LogP contribution in [0.25, 0.3) is 0 Å². The predicted molar refractivity (Wildman–Crippen MR) is 81.1 cm³/mol. The average Bonchev–Trinajstić information content (AvgIpc) is 3.21. The third-order valence-corrected chi connectivity index (χ3v) is 4.18. The lowest BCUT2D eigenvalue weighted by Gasteiger charge is -2.21. The van der Waals surface area contributed by atoms with Gasteiger partial charge in [-0.1, -0.05) is 0 Å². The quantitative estimate of drug-likeness (QED) is 0.789. The number of carbonyl (C=O) groups excluding carboxylic acids is 2. The van der Waals surface area contributed by atoms with Crippen LogP contribution in [0.4, 0.5) is 0 Å². The first-order valence-electron chi connectivity index (χ1n) is 7.94. The van der Waals surface area contributed by atoms with Gasteiger partial charge in [0.1, 0.15) is 6.10 Å². The SMILES string of the molecule is O=C(NCc1ccncc1)C(=O)NCC1COC2(CCCC2)O1. The molecule has 2 N–H and O–H groups in total. The second kappa shape index (κ2) is 7.06. The third-order valence-electron chi connectivity index (χ3n) is 4.18. The van der Waals surface area contributed by atoms with Crippen LogP contribution >= 0.6 is 0 Å². The summed E-state index contributed by atoms with van der Waals surface area (Å²) in [7, 11) is 0. The summed E-state index contributed by atoms with van der Waals surface area (Å²) in [6.45, 7) is 1.03. The Morgan fingerprint density at radius 3 is 2.61 bits per heavy atom. The molecule has 7 heteroatoms. The van der Waals surface area contributed by atoms with E-state index in [1.165, 1.54) is 0 Å². The van der Waals surface area contributed by atoms with E-state index in [2.05, 4.69) is 15.6 Å². The van der Waals surface area contributed by atoms with E-state index in [1.807, 2.05) is 0 Å². The fourth-order valence-corrected chi connectivity index (χ4v) is 2.94. The standard InChI is InChI=1S/C16H21N3O4/c20-14(18-9-12-3-7-17-8-4-12)15(21)19-10-13-11-22-16(23-13)5-1-2-6-16/h3-4,7-8,13H,1-2,5-6,9-11H2,(H,18,20)(H,19,21). The maximum absolute atomic E-state index is 11.8. The summed E-state index contributed by atoms with van der Waals surface area (Å²) >= 11 is 0. The number of ether oxygens (including phenoxy) is 2. The maximum Gasteiger partial charge on any atom is 0.309 e. The molecular weight excluding hydrogens is 298 g/mol. The van der Waals surface area contributed by atoms with E-state index in [1.54, 1.807) is 24.5 Å². The number of aromatic nitrogens is 1. The zero-order chi connectivity index (χ0) is 16.1. The van der Waals surface area contributed by atoms with Gasteiger partial charge in [-0.05, 0) is 30.5 Å². The van der Waals surface area contributed by atoms with Gasteiger partial charge in [-0.15, -0.1) is 0 Å². The third kappa shape index (κ3) is 4.05. The molecular formula is C16H21N3O4. The summed E-state index contributed by atoms with van der Waals surface area (Å²) in [4.78, 5) is 27.5. The van der Waals surface area contributed by atoms with E-state index in [9.17, 15) is 9.59 Å². The summed E-state index contributed by atoms with van der Waals surface area (Å²) in [5.74, 6) is -1.76. The van der Waals surface area contributed by atoms with Gasteiger partial charge in [0.15, 0.2) is 5.79 Å². The number of nitrogens with one attached hydrogen (secondary N) is 2. The second-order valence-corrected chi connectivity index (χ2v) is 5.92. The molecule has 1 saturated carbocycles. The number of hydrogen-bond acceptors (Lipinski definition) is 5. The molecule has 0 aromatic carbocycles. The van der Waals surface area contributed by atoms with Crippen LogP contribution in [0.1, 0.15) is 31.2 Å². The lowest BCUT2D eigenvalue weighted by Crippen LogP contribution is -2.43. The van der Waals surface area contributed by atoms with Crippen LogP contribution in [0.5, 0.6) is 0 Å². The Labute approximate surface area is 134 Å². The van der Waals surface area contributed by atoms with E-state index >= 15 is 0 Å². The topological polar surface area (TPSA) is 89.6 Å². The molecule has 7 nitrogen and oxygen atoms in total. The van der Waals surface area contributed by atoms with Crippen LogP contribution < -0.4 is 10.6 Å². The summed E-state index contributed by atoms with van der Waals surface area (Å²) in [5.41, 5.74) is 0.886. The molecule has 0 bridgehead atoms. The molecule has 2 fully saturated rings. The molecule has 0 radical (unpaired) electrons. The second-order valence-electron chi connectivity index (χ2n) is 5.92. The van der Waals surface area contributed by atoms with Crippen molar-refractivity contribution in [1.82, 2.24) is 15.6 Å². The Morgan fingerprint density at radius 2 is 1.87 bits per heavy atom.